The number of alkyl carbamates (subject to hydrolysis) is 1. The van der Waals surface area contributed by atoms with E-state index in [9.17, 15) is 29.3 Å². The Labute approximate surface area is 288 Å². The molecule has 2 atom stereocenters. The van der Waals surface area contributed by atoms with Crippen molar-refractivity contribution in [3.63, 3.8) is 0 Å². The summed E-state index contributed by atoms with van der Waals surface area (Å²) >= 11 is 0. The maximum atomic E-state index is 14.0. The second-order valence-corrected chi connectivity index (χ2v) is 12.0. The number of fused-ring (bicyclic) bond motifs is 3. The van der Waals surface area contributed by atoms with Crippen molar-refractivity contribution < 1.29 is 38.3 Å². The van der Waals surface area contributed by atoms with Gasteiger partial charge in [0, 0.05) is 23.7 Å². The van der Waals surface area contributed by atoms with Crippen LogP contribution in [-0.2, 0) is 25.7 Å². The second-order valence-electron chi connectivity index (χ2n) is 12.0. The molecule has 0 heterocycles. The monoisotopic (exact) mass is 680 g/mol. The summed E-state index contributed by atoms with van der Waals surface area (Å²) in [5.74, 6) is -1.82. The summed E-state index contributed by atoms with van der Waals surface area (Å²) in [6.45, 7) is 4.87. The molecule has 258 valence electrons. The number of ether oxygens (including phenoxy) is 3. The number of carbonyl (C=O) groups is 4. The van der Waals surface area contributed by atoms with Crippen LogP contribution >= 0.6 is 0 Å². The Kier molecular flexibility index (Phi) is 10.7. The summed E-state index contributed by atoms with van der Waals surface area (Å²) < 4.78 is 15.9. The first-order chi connectivity index (χ1) is 23.9. The highest BCUT2D eigenvalue weighted by Gasteiger charge is 2.35. The SMILES string of the molecule is CC(C)C(NC(=O)OCC1c2ccccc2-c2ccccc21)C(=O)N(c1ccc(COC(=O)Oc2ccc([N+](=O)[O-])cc2)cc1)C(C)C(N)=O. The molecular formula is C37H36N4O9. The Morgan fingerprint density at radius 3 is 1.96 bits per heavy atom. The molecule has 13 nitrogen and oxygen atoms in total. The minimum Gasteiger partial charge on any atom is -0.449 e. The molecule has 50 heavy (non-hydrogen) atoms. The van der Waals surface area contributed by atoms with Crippen LogP contribution in [0, 0.1) is 16.0 Å². The van der Waals surface area contributed by atoms with Crippen LogP contribution in [0.25, 0.3) is 11.1 Å². The molecule has 0 saturated heterocycles. The zero-order valence-corrected chi connectivity index (χ0v) is 27.6. The Balaban J connectivity index is 1.23. The van der Waals surface area contributed by atoms with E-state index < -0.39 is 41.1 Å². The number of amides is 3. The van der Waals surface area contributed by atoms with Crippen LogP contribution in [0.5, 0.6) is 5.75 Å². The van der Waals surface area contributed by atoms with Gasteiger partial charge < -0.3 is 25.3 Å². The maximum Gasteiger partial charge on any atom is 0.514 e. The van der Waals surface area contributed by atoms with Crippen LogP contribution in [0.15, 0.2) is 97.1 Å². The van der Waals surface area contributed by atoms with Gasteiger partial charge in [-0.1, -0.05) is 74.5 Å². The van der Waals surface area contributed by atoms with E-state index in [0.29, 0.717) is 11.3 Å². The molecule has 5 rings (SSSR count). The van der Waals surface area contributed by atoms with E-state index in [2.05, 4.69) is 5.32 Å². The molecule has 0 saturated carbocycles. The molecule has 4 aromatic carbocycles. The van der Waals surface area contributed by atoms with E-state index in [0.717, 1.165) is 22.3 Å². The average molecular weight is 681 g/mol. The number of nitrogens with zero attached hydrogens (tertiary/aromatic N) is 2. The van der Waals surface area contributed by atoms with Gasteiger partial charge in [0.2, 0.25) is 5.91 Å². The fraction of sp³-hybridized carbons (Fsp3) is 0.243. The number of hydrogen-bond donors (Lipinski definition) is 2. The van der Waals surface area contributed by atoms with E-state index in [1.807, 2.05) is 48.5 Å². The summed E-state index contributed by atoms with van der Waals surface area (Å²) in [5, 5.41) is 13.5. The molecule has 0 spiro atoms. The topological polar surface area (TPSA) is 180 Å². The Morgan fingerprint density at radius 1 is 0.840 bits per heavy atom. The number of primary amides is 1. The lowest BCUT2D eigenvalue weighted by molar-refractivity contribution is -0.384. The lowest BCUT2D eigenvalue weighted by atomic mass is 9.98. The van der Waals surface area contributed by atoms with Crippen molar-refractivity contribution in [1.82, 2.24) is 5.32 Å². The third-order valence-electron chi connectivity index (χ3n) is 8.41. The first-order valence-corrected chi connectivity index (χ1v) is 15.9. The molecule has 0 bridgehead atoms. The van der Waals surface area contributed by atoms with Gasteiger partial charge in [-0.2, -0.15) is 0 Å². The van der Waals surface area contributed by atoms with Crippen molar-refractivity contribution in [2.45, 2.75) is 45.4 Å². The van der Waals surface area contributed by atoms with Crippen LogP contribution < -0.4 is 20.7 Å². The van der Waals surface area contributed by atoms with Gasteiger partial charge in [-0.15, -0.1) is 0 Å². The van der Waals surface area contributed by atoms with Gasteiger partial charge >= 0.3 is 12.2 Å². The van der Waals surface area contributed by atoms with Crippen LogP contribution in [0.2, 0.25) is 0 Å². The van der Waals surface area contributed by atoms with Crippen LogP contribution in [0.1, 0.15) is 43.4 Å². The summed E-state index contributed by atoms with van der Waals surface area (Å²) in [4.78, 5) is 63.1. The number of nitrogens with two attached hydrogens (primary N) is 1. The third-order valence-corrected chi connectivity index (χ3v) is 8.41. The van der Waals surface area contributed by atoms with E-state index in [1.165, 1.54) is 36.1 Å². The smallest absolute Gasteiger partial charge is 0.449 e. The number of nitrogens with one attached hydrogen (secondary N) is 1. The molecule has 13 heteroatoms. The minimum absolute atomic E-state index is 0.0607. The molecule has 0 radical (unpaired) electrons. The van der Waals surface area contributed by atoms with Crippen molar-refractivity contribution in [2.75, 3.05) is 11.5 Å². The zero-order chi connectivity index (χ0) is 35.9. The molecule has 1 aliphatic carbocycles. The van der Waals surface area contributed by atoms with Gasteiger partial charge in [-0.25, -0.2) is 9.59 Å². The molecule has 0 fully saturated rings. The predicted molar refractivity (Wildman–Crippen MR) is 183 cm³/mol. The number of non-ortho nitro benzene ring substituents is 1. The van der Waals surface area contributed by atoms with E-state index >= 15 is 0 Å². The Bertz CT molecular complexity index is 1850. The van der Waals surface area contributed by atoms with Crippen molar-refractivity contribution in [3.05, 3.63) is 124 Å². The maximum absolute atomic E-state index is 14.0. The summed E-state index contributed by atoms with van der Waals surface area (Å²) in [7, 11) is 0. The number of rotatable bonds is 12. The lowest BCUT2D eigenvalue weighted by Gasteiger charge is -2.32. The highest BCUT2D eigenvalue weighted by molar-refractivity contribution is 6.04. The number of benzene rings is 4. The average Bonchev–Trinajstić information content (AvgIpc) is 3.42. The van der Waals surface area contributed by atoms with Crippen molar-refractivity contribution in [1.29, 1.82) is 0 Å². The second kappa shape index (κ2) is 15.3. The van der Waals surface area contributed by atoms with Crippen LogP contribution in [0.3, 0.4) is 0 Å². The normalized spacial score (nSPS) is 13.0. The number of nitro groups is 1. The van der Waals surface area contributed by atoms with Crippen molar-refractivity contribution in [3.8, 4) is 16.9 Å². The third kappa shape index (κ3) is 7.89. The first kappa shape index (κ1) is 35.1. The van der Waals surface area contributed by atoms with Crippen LogP contribution in [0.4, 0.5) is 21.0 Å². The highest BCUT2D eigenvalue weighted by Crippen LogP contribution is 2.44. The van der Waals surface area contributed by atoms with Crippen LogP contribution in [-0.4, -0.2) is 47.7 Å². The summed E-state index contributed by atoms with van der Waals surface area (Å²) in [6.07, 6.45) is -1.81. The molecule has 1 aliphatic rings. The van der Waals surface area contributed by atoms with Gasteiger partial charge in [0.1, 0.15) is 31.0 Å². The Hall–Kier alpha value is -6.24. The van der Waals surface area contributed by atoms with E-state index in [1.54, 1.807) is 38.1 Å². The minimum atomic E-state index is -1.08. The fourth-order valence-electron chi connectivity index (χ4n) is 5.76. The molecule has 2 unspecified atom stereocenters. The van der Waals surface area contributed by atoms with Gasteiger partial charge in [0.25, 0.3) is 11.6 Å². The Morgan fingerprint density at radius 2 is 1.42 bits per heavy atom. The van der Waals surface area contributed by atoms with Gasteiger partial charge in [0.05, 0.1) is 4.92 Å². The number of nitro benzene ring substituents is 1. The number of carbonyl (C=O) groups excluding carboxylic acids is 4. The quantitative estimate of drug-likeness (QED) is 0.0776. The van der Waals surface area contributed by atoms with Crippen molar-refractivity contribution in [2.24, 2.45) is 11.7 Å². The zero-order valence-electron chi connectivity index (χ0n) is 27.6. The van der Waals surface area contributed by atoms with E-state index in [-0.39, 0.29) is 36.5 Å². The molecule has 0 aliphatic heterocycles. The van der Waals surface area contributed by atoms with Gasteiger partial charge in [-0.3, -0.25) is 24.6 Å². The van der Waals surface area contributed by atoms with Crippen molar-refractivity contribution >= 4 is 35.4 Å². The van der Waals surface area contributed by atoms with E-state index in [4.69, 9.17) is 19.9 Å². The molecule has 0 aromatic heterocycles. The lowest BCUT2D eigenvalue weighted by Crippen LogP contribution is -2.56. The molecule has 4 aromatic rings. The summed E-state index contributed by atoms with van der Waals surface area (Å²) in [6, 6.07) is 25.0. The van der Waals surface area contributed by atoms with Gasteiger partial charge in [0.15, 0.2) is 0 Å². The first-order valence-electron chi connectivity index (χ1n) is 15.9. The number of hydrogen-bond acceptors (Lipinski definition) is 9. The fourth-order valence-corrected chi connectivity index (χ4v) is 5.76. The standard InChI is InChI=1S/C37H36N4O9/c1-22(2)33(39-36(44)48-21-32-30-10-6-4-8-28(30)29-9-5-7-11-31(29)32)35(43)40(23(3)34(38)42)25-14-12-24(13-15-25)20-49-37(45)50-27-18-16-26(17-19-27)41(46)47/h4-19,22-23,32-33H,20-21H2,1-3H3,(H2,38,42)(H,39,44). The molecule has 3 N–H and O–H groups in total. The molecule has 3 amide bonds. The largest absolute Gasteiger partial charge is 0.514 e. The van der Waals surface area contributed by atoms with Gasteiger partial charge in [-0.05, 0) is 64.9 Å². The predicted octanol–water partition coefficient (Wildman–Crippen LogP) is 6.08. The molecular weight excluding hydrogens is 644 g/mol. The number of anilines is 1. The highest BCUT2D eigenvalue weighted by atomic mass is 16.7. The summed E-state index contributed by atoms with van der Waals surface area (Å²) in [5.41, 5.74) is 10.6.